The van der Waals surface area contributed by atoms with E-state index in [4.69, 9.17) is 0 Å². The molecular weight excluding hydrogens is 164 g/mol. The van der Waals surface area contributed by atoms with Crippen LogP contribution in [0.5, 0.6) is 0 Å². The van der Waals surface area contributed by atoms with Crippen LogP contribution < -0.4 is 5.32 Å². The maximum absolute atomic E-state index is 4.12. The average Bonchev–Trinajstić information content (AvgIpc) is 2.65. The monoisotopic (exact) mass is 180 g/mol. The average molecular weight is 180 g/mol. The van der Waals surface area contributed by atoms with Gasteiger partial charge in [0.05, 0.1) is 6.04 Å². The number of H-pyrrole nitrogens is 1. The van der Waals surface area contributed by atoms with Gasteiger partial charge in [0.2, 0.25) is 0 Å². The maximum atomic E-state index is 4.12. The lowest BCUT2D eigenvalue weighted by atomic mass is 10.1. The summed E-state index contributed by atoms with van der Waals surface area (Å²) in [5.41, 5.74) is 0. The van der Waals surface area contributed by atoms with Crippen molar-refractivity contribution in [2.45, 2.75) is 25.8 Å². The minimum Gasteiger partial charge on any atom is -0.308 e. The first kappa shape index (κ1) is 9.92. The van der Waals surface area contributed by atoms with Gasteiger partial charge in [-0.05, 0) is 19.4 Å². The fourth-order valence-corrected chi connectivity index (χ4v) is 1.25. The van der Waals surface area contributed by atoms with Gasteiger partial charge in [-0.25, -0.2) is 4.98 Å². The van der Waals surface area contributed by atoms with Crippen LogP contribution in [0.4, 0.5) is 0 Å². The molecule has 0 aromatic carbocycles. The summed E-state index contributed by atoms with van der Waals surface area (Å²) in [4.78, 5) is 4.12. The van der Waals surface area contributed by atoms with Crippen molar-refractivity contribution >= 4 is 0 Å². The zero-order valence-corrected chi connectivity index (χ0v) is 7.95. The summed E-state index contributed by atoms with van der Waals surface area (Å²) in [5, 5.41) is 10.0. The van der Waals surface area contributed by atoms with Gasteiger partial charge in [0, 0.05) is 0 Å². The van der Waals surface area contributed by atoms with Crippen molar-refractivity contribution in [2.24, 2.45) is 0 Å². The molecule has 2 N–H and O–H groups in total. The summed E-state index contributed by atoms with van der Waals surface area (Å²) in [6.45, 7) is 6.71. The zero-order chi connectivity index (χ0) is 9.52. The molecule has 0 radical (unpaired) electrons. The van der Waals surface area contributed by atoms with Gasteiger partial charge in [0.25, 0.3) is 0 Å². The quantitative estimate of drug-likeness (QED) is 0.651. The molecule has 0 aliphatic carbocycles. The van der Waals surface area contributed by atoms with E-state index in [1.165, 1.54) is 6.33 Å². The van der Waals surface area contributed by atoms with E-state index in [1.54, 1.807) is 0 Å². The molecule has 1 atom stereocenters. The Labute approximate surface area is 78.5 Å². The van der Waals surface area contributed by atoms with Crippen LogP contribution in [0.3, 0.4) is 0 Å². The van der Waals surface area contributed by atoms with Gasteiger partial charge in [-0.1, -0.05) is 13.0 Å². The highest BCUT2D eigenvalue weighted by Crippen LogP contribution is 2.13. The molecule has 0 spiro atoms. The Bertz CT molecular complexity index is 230. The highest BCUT2D eigenvalue weighted by atomic mass is 15.2. The van der Waals surface area contributed by atoms with Crippen molar-refractivity contribution < 1.29 is 0 Å². The van der Waals surface area contributed by atoms with Gasteiger partial charge in [0.15, 0.2) is 0 Å². The smallest absolute Gasteiger partial charge is 0.141 e. The first-order chi connectivity index (χ1) is 6.38. The van der Waals surface area contributed by atoms with Gasteiger partial charge in [0.1, 0.15) is 12.2 Å². The number of aromatic amines is 1. The predicted octanol–water partition coefficient (Wildman–Crippen LogP) is 1.42. The molecule has 1 rings (SSSR count). The summed E-state index contributed by atoms with van der Waals surface area (Å²) in [6.07, 6.45) is 5.44. The lowest BCUT2D eigenvalue weighted by Gasteiger charge is -2.13. The van der Waals surface area contributed by atoms with E-state index in [2.05, 4.69) is 34.0 Å². The highest BCUT2D eigenvalue weighted by Gasteiger charge is 2.11. The number of allylic oxidation sites excluding steroid dienone is 1. The fraction of sp³-hybridized carbons (Fsp3) is 0.556. The topological polar surface area (TPSA) is 53.6 Å². The van der Waals surface area contributed by atoms with Crippen LogP contribution in [-0.2, 0) is 0 Å². The Morgan fingerprint density at radius 1 is 1.77 bits per heavy atom. The second kappa shape index (κ2) is 5.48. The molecule has 1 heterocycles. The third-order valence-electron chi connectivity index (χ3n) is 1.87. The molecule has 0 saturated heterocycles. The molecule has 1 aromatic rings. The third kappa shape index (κ3) is 2.99. The Morgan fingerprint density at radius 3 is 3.15 bits per heavy atom. The molecule has 0 aliphatic rings. The Morgan fingerprint density at radius 2 is 2.62 bits per heavy atom. The first-order valence-corrected chi connectivity index (χ1v) is 4.58. The van der Waals surface area contributed by atoms with Crippen molar-refractivity contribution in [1.29, 1.82) is 0 Å². The third-order valence-corrected chi connectivity index (χ3v) is 1.87. The first-order valence-electron chi connectivity index (χ1n) is 4.58. The second-order valence-electron chi connectivity index (χ2n) is 2.85. The van der Waals surface area contributed by atoms with Crippen LogP contribution in [0.2, 0.25) is 0 Å². The fourth-order valence-electron chi connectivity index (χ4n) is 1.25. The minimum atomic E-state index is 0.269. The van der Waals surface area contributed by atoms with E-state index in [-0.39, 0.29) is 6.04 Å². The number of nitrogens with zero attached hydrogens (tertiary/aromatic N) is 2. The lowest BCUT2D eigenvalue weighted by Crippen LogP contribution is -2.21. The van der Waals surface area contributed by atoms with E-state index < -0.39 is 0 Å². The van der Waals surface area contributed by atoms with Gasteiger partial charge in [-0.3, -0.25) is 5.10 Å². The Kier molecular flexibility index (Phi) is 4.18. The summed E-state index contributed by atoms with van der Waals surface area (Å²) >= 11 is 0. The van der Waals surface area contributed by atoms with Crippen LogP contribution in [-0.4, -0.2) is 21.7 Å². The molecule has 4 nitrogen and oxygen atoms in total. The minimum absolute atomic E-state index is 0.269. The molecular formula is C9H16N4. The van der Waals surface area contributed by atoms with E-state index in [0.717, 1.165) is 25.2 Å². The molecule has 72 valence electrons. The molecule has 0 saturated carbocycles. The SMILES string of the molecule is C=CCCC(NCC)c1ncn[nH]1. The van der Waals surface area contributed by atoms with Gasteiger partial charge in [-0.15, -0.1) is 6.58 Å². The van der Waals surface area contributed by atoms with E-state index in [0.29, 0.717) is 0 Å². The van der Waals surface area contributed by atoms with E-state index in [1.807, 2.05) is 6.08 Å². The molecule has 1 aromatic heterocycles. The summed E-state index contributed by atoms with van der Waals surface area (Å²) in [6, 6.07) is 0.269. The normalized spacial score (nSPS) is 12.7. The summed E-state index contributed by atoms with van der Waals surface area (Å²) < 4.78 is 0. The van der Waals surface area contributed by atoms with Crippen molar-refractivity contribution in [3.63, 3.8) is 0 Å². The molecule has 0 amide bonds. The molecule has 4 heteroatoms. The molecule has 13 heavy (non-hydrogen) atoms. The number of aromatic nitrogens is 3. The second-order valence-corrected chi connectivity index (χ2v) is 2.85. The van der Waals surface area contributed by atoms with Crippen LogP contribution in [0.1, 0.15) is 31.6 Å². The molecule has 0 fully saturated rings. The van der Waals surface area contributed by atoms with Crippen LogP contribution in [0, 0.1) is 0 Å². The van der Waals surface area contributed by atoms with Gasteiger partial charge >= 0.3 is 0 Å². The summed E-state index contributed by atoms with van der Waals surface area (Å²) in [7, 11) is 0. The number of rotatable bonds is 6. The maximum Gasteiger partial charge on any atom is 0.141 e. The molecule has 0 bridgehead atoms. The largest absolute Gasteiger partial charge is 0.308 e. The number of hydrogen-bond acceptors (Lipinski definition) is 3. The van der Waals surface area contributed by atoms with Crippen molar-refractivity contribution in [3.8, 4) is 0 Å². The Balaban J connectivity index is 2.51. The van der Waals surface area contributed by atoms with Gasteiger partial charge < -0.3 is 5.32 Å². The van der Waals surface area contributed by atoms with E-state index >= 15 is 0 Å². The van der Waals surface area contributed by atoms with Crippen LogP contribution in [0.25, 0.3) is 0 Å². The van der Waals surface area contributed by atoms with Crippen molar-refractivity contribution in [3.05, 3.63) is 24.8 Å². The van der Waals surface area contributed by atoms with Crippen molar-refractivity contribution in [1.82, 2.24) is 20.5 Å². The molecule has 0 aliphatic heterocycles. The van der Waals surface area contributed by atoms with Gasteiger partial charge in [-0.2, -0.15) is 5.10 Å². The lowest BCUT2D eigenvalue weighted by molar-refractivity contribution is 0.496. The van der Waals surface area contributed by atoms with Crippen LogP contribution in [0.15, 0.2) is 19.0 Å². The summed E-state index contributed by atoms with van der Waals surface area (Å²) in [5.74, 6) is 0.906. The number of nitrogens with one attached hydrogen (secondary N) is 2. The van der Waals surface area contributed by atoms with E-state index in [9.17, 15) is 0 Å². The molecule has 1 unspecified atom stereocenters. The van der Waals surface area contributed by atoms with Crippen LogP contribution >= 0.6 is 0 Å². The zero-order valence-electron chi connectivity index (χ0n) is 7.95. The van der Waals surface area contributed by atoms with Crippen molar-refractivity contribution in [2.75, 3.05) is 6.54 Å². The Hall–Kier alpha value is -1.16. The standard InChI is InChI=1S/C9H16N4/c1-3-5-6-8(10-4-2)9-11-7-12-13-9/h3,7-8,10H,1,4-6H2,2H3,(H,11,12,13). The number of hydrogen-bond donors (Lipinski definition) is 2. The predicted molar refractivity (Wildman–Crippen MR) is 52.2 cm³/mol. The highest BCUT2D eigenvalue weighted by molar-refractivity contribution is 4.92.